The molecule has 112 valence electrons. The lowest BCUT2D eigenvalue weighted by Gasteiger charge is -2.35. The zero-order valence-electron chi connectivity index (χ0n) is 11.8. The van der Waals surface area contributed by atoms with Crippen LogP contribution in [0.5, 0.6) is 0 Å². The third-order valence-corrected chi connectivity index (χ3v) is 5.65. The van der Waals surface area contributed by atoms with Crippen molar-refractivity contribution in [3.8, 4) is 0 Å². The van der Waals surface area contributed by atoms with E-state index in [4.69, 9.17) is 10.5 Å². The summed E-state index contributed by atoms with van der Waals surface area (Å²) in [6.45, 7) is 3.28. The largest absolute Gasteiger partial charge is 0.380 e. The van der Waals surface area contributed by atoms with E-state index in [2.05, 4.69) is 11.9 Å². The molecule has 2 N–H and O–H groups in total. The van der Waals surface area contributed by atoms with Crippen LogP contribution in [0.3, 0.4) is 0 Å². The van der Waals surface area contributed by atoms with Crippen molar-refractivity contribution in [2.75, 3.05) is 20.2 Å². The first kappa shape index (κ1) is 15.4. The minimum atomic E-state index is -3.50. The summed E-state index contributed by atoms with van der Waals surface area (Å²) in [5, 5.41) is 0. The second-order valence-electron chi connectivity index (χ2n) is 5.09. The highest BCUT2D eigenvalue weighted by Crippen LogP contribution is 2.24. The third-order valence-electron chi connectivity index (χ3n) is 3.80. The van der Waals surface area contributed by atoms with Crippen molar-refractivity contribution >= 4 is 10.0 Å². The minimum Gasteiger partial charge on any atom is -0.380 e. The number of methoxy groups -OCH3 is 1. The maximum absolute atomic E-state index is 12.6. The van der Waals surface area contributed by atoms with Crippen molar-refractivity contribution in [3.05, 3.63) is 24.0 Å². The average molecular weight is 299 g/mol. The third kappa shape index (κ3) is 3.01. The summed E-state index contributed by atoms with van der Waals surface area (Å²) in [5.41, 5.74) is 6.14. The molecule has 0 saturated carbocycles. The highest BCUT2D eigenvalue weighted by Gasteiger charge is 2.33. The van der Waals surface area contributed by atoms with Crippen LogP contribution >= 0.6 is 0 Å². The lowest BCUT2D eigenvalue weighted by atomic mass is 9.97. The van der Waals surface area contributed by atoms with Gasteiger partial charge in [0.15, 0.2) is 0 Å². The first-order chi connectivity index (χ1) is 9.48. The van der Waals surface area contributed by atoms with E-state index in [1.165, 1.54) is 10.5 Å². The molecule has 2 unspecified atom stereocenters. The van der Waals surface area contributed by atoms with Gasteiger partial charge in [-0.1, -0.05) is 6.92 Å². The van der Waals surface area contributed by atoms with Crippen LogP contribution in [0.25, 0.3) is 0 Å². The zero-order chi connectivity index (χ0) is 14.8. The number of hydrogen-bond donors (Lipinski definition) is 1. The van der Waals surface area contributed by atoms with Gasteiger partial charge in [0.2, 0.25) is 10.0 Å². The molecule has 0 radical (unpaired) electrons. The van der Waals surface area contributed by atoms with Gasteiger partial charge in [0.05, 0.1) is 11.8 Å². The van der Waals surface area contributed by atoms with Gasteiger partial charge in [-0.25, -0.2) is 8.42 Å². The Balaban J connectivity index is 2.21. The van der Waals surface area contributed by atoms with Crippen molar-refractivity contribution in [2.24, 2.45) is 11.7 Å². The van der Waals surface area contributed by atoms with Crippen molar-refractivity contribution in [3.63, 3.8) is 0 Å². The average Bonchev–Trinajstić information content (AvgIpc) is 2.47. The van der Waals surface area contributed by atoms with Crippen molar-refractivity contribution in [1.82, 2.24) is 9.29 Å². The number of hydrogen-bond acceptors (Lipinski definition) is 5. The van der Waals surface area contributed by atoms with E-state index >= 15 is 0 Å². The van der Waals surface area contributed by atoms with Crippen LogP contribution in [0.1, 0.15) is 19.0 Å². The SMILES string of the molecule is COC1CN(S(=O)(=O)c2ccc(CN)nc2)CCC1C. The smallest absolute Gasteiger partial charge is 0.244 e. The minimum absolute atomic E-state index is 0.0604. The van der Waals surface area contributed by atoms with Gasteiger partial charge in [0, 0.05) is 32.9 Å². The molecule has 1 aromatic rings. The lowest BCUT2D eigenvalue weighted by molar-refractivity contribution is 0.0184. The topological polar surface area (TPSA) is 85.5 Å². The van der Waals surface area contributed by atoms with Crippen molar-refractivity contribution in [1.29, 1.82) is 0 Å². The molecule has 1 aliphatic heterocycles. The summed E-state index contributed by atoms with van der Waals surface area (Å²) in [7, 11) is -1.88. The second-order valence-corrected chi connectivity index (χ2v) is 7.03. The Morgan fingerprint density at radius 1 is 1.50 bits per heavy atom. The fourth-order valence-electron chi connectivity index (χ4n) is 2.36. The standard InChI is InChI=1S/C13H21N3O3S/c1-10-5-6-16(9-13(10)19-2)20(17,18)12-4-3-11(7-14)15-8-12/h3-4,8,10,13H,5-7,9,14H2,1-2H3. The van der Waals surface area contributed by atoms with Crippen LogP contribution < -0.4 is 5.73 Å². The van der Waals surface area contributed by atoms with Gasteiger partial charge in [-0.05, 0) is 24.5 Å². The number of piperidine rings is 1. The molecule has 6 nitrogen and oxygen atoms in total. The van der Waals surface area contributed by atoms with Crippen LogP contribution in [0.15, 0.2) is 23.2 Å². The van der Waals surface area contributed by atoms with E-state index in [1.54, 1.807) is 19.2 Å². The van der Waals surface area contributed by atoms with Crippen LogP contribution in [0.4, 0.5) is 0 Å². The quantitative estimate of drug-likeness (QED) is 0.879. The number of rotatable bonds is 4. The Morgan fingerprint density at radius 3 is 2.80 bits per heavy atom. The Labute approximate surface area is 120 Å². The number of aromatic nitrogens is 1. The van der Waals surface area contributed by atoms with E-state index in [0.717, 1.165) is 6.42 Å². The van der Waals surface area contributed by atoms with Crippen LogP contribution in [-0.4, -0.2) is 44.0 Å². The Hall–Kier alpha value is -1.02. The number of nitrogens with two attached hydrogens (primary N) is 1. The molecule has 2 atom stereocenters. The van der Waals surface area contributed by atoms with Crippen molar-refractivity contribution in [2.45, 2.75) is 30.9 Å². The second kappa shape index (κ2) is 6.17. The number of sulfonamides is 1. The molecule has 2 rings (SSSR count). The molecule has 20 heavy (non-hydrogen) atoms. The fourth-order valence-corrected chi connectivity index (χ4v) is 3.78. The van der Waals surface area contributed by atoms with Crippen LogP contribution in [0, 0.1) is 5.92 Å². The molecule has 1 fully saturated rings. The maximum atomic E-state index is 12.6. The first-order valence-corrected chi connectivity index (χ1v) is 8.11. The van der Waals surface area contributed by atoms with Gasteiger partial charge in [-0.2, -0.15) is 4.31 Å². The maximum Gasteiger partial charge on any atom is 0.244 e. The van der Waals surface area contributed by atoms with E-state index in [1.807, 2.05) is 0 Å². The summed E-state index contributed by atoms with van der Waals surface area (Å²) in [6.07, 6.45) is 2.11. The molecule has 1 aromatic heterocycles. The zero-order valence-corrected chi connectivity index (χ0v) is 12.6. The highest BCUT2D eigenvalue weighted by molar-refractivity contribution is 7.89. The molecule has 0 amide bonds. The van der Waals surface area contributed by atoms with Gasteiger partial charge < -0.3 is 10.5 Å². The Bertz CT molecular complexity index is 544. The molecule has 0 aliphatic carbocycles. The van der Waals surface area contributed by atoms with Gasteiger partial charge >= 0.3 is 0 Å². The highest BCUT2D eigenvalue weighted by atomic mass is 32.2. The predicted octanol–water partition coefficient (Wildman–Crippen LogP) is 0.586. The van der Waals surface area contributed by atoms with Crippen LogP contribution in [0.2, 0.25) is 0 Å². The van der Waals surface area contributed by atoms with Gasteiger partial charge in [0.1, 0.15) is 4.90 Å². The summed E-state index contributed by atoms with van der Waals surface area (Å²) in [6, 6.07) is 3.21. The van der Waals surface area contributed by atoms with E-state index in [0.29, 0.717) is 31.2 Å². The summed E-state index contributed by atoms with van der Waals surface area (Å²) in [5.74, 6) is 0.365. The number of pyridine rings is 1. The molecule has 2 heterocycles. The molecular formula is C13H21N3O3S. The molecule has 1 saturated heterocycles. The summed E-state index contributed by atoms with van der Waals surface area (Å²) < 4.78 is 31.9. The van der Waals surface area contributed by atoms with E-state index in [9.17, 15) is 8.42 Å². The monoisotopic (exact) mass is 299 g/mol. The molecule has 1 aliphatic rings. The molecule has 0 aromatic carbocycles. The summed E-state index contributed by atoms with van der Waals surface area (Å²) >= 11 is 0. The normalized spacial score (nSPS) is 24.8. The van der Waals surface area contributed by atoms with Gasteiger partial charge in [-0.3, -0.25) is 4.98 Å². The van der Waals surface area contributed by atoms with Crippen LogP contribution in [-0.2, 0) is 21.3 Å². The molecule has 0 spiro atoms. The first-order valence-electron chi connectivity index (χ1n) is 6.67. The molecule has 0 bridgehead atoms. The fraction of sp³-hybridized carbons (Fsp3) is 0.615. The van der Waals surface area contributed by atoms with E-state index in [-0.39, 0.29) is 11.0 Å². The Kier molecular flexibility index (Phi) is 4.74. The predicted molar refractivity (Wildman–Crippen MR) is 75.5 cm³/mol. The van der Waals surface area contributed by atoms with Gasteiger partial charge in [0.25, 0.3) is 0 Å². The van der Waals surface area contributed by atoms with E-state index < -0.39 is 10.0 Å². The van der Waals surface area contributed by atoms with Crippen molar-refractivity contribution < 1.29 is 13.2 Å². The lowest BCUT2D eigenvalue weighted by Crippen LogP contribution is -2.46. The van der Waals surface area contributed by atoms with Gasteiger partial charge in [-0.15, -0.1) is 0 Å². The number of nitrogens with zero attached hydrogens (tertiary/aromatic N) is 2. The molecule has 7 heteroatoms. The molecular weight excluding hydrogens is 278 g/mol. The Morgan fingerprint density at radius 2 is 2.25 bits per heavy atom. The number of ether oxygens (including phenoxy) is 1. The summed E-state index contributed by atoms with van der Waals surface area (Å²) in [4.78, 5) is 4.26.